The Balaban J connectivity index is 1.61. The van der Waals surface area contributed by atoms with Crippen LogP contribution < -0.4 is 18.9 Å². The number of ether oxygens (including phenoxy) is 4. The molecule has 7 heteroatoms. The maximum Gasteiger partial charge on any atom is 0.174 e. The van der Waals surface area contributed by atoms with Gasteiger partial charge >= 0.3 is 0 Å². The van der Waals surface area contributed by atoms with E-state index in [0.717, 1.165) is 48.4 Å². The van der Waals surface area contributed by atoms with Gasteiger partial charge in [-0.25, -0.2) is 0 Å². The fourth-order valence-corrected chi connectivity index (χ4v) is 7.05. The highest BCUT2D eigenvalue weighted by Gasteiger charge is 2.34. The molecule has 1 heterocycles. The molecular formula is C47H76N2O5. The maximum atomic E-state index is 13.8. The van der Waals surface area contributed by atoms with Gasteiger partial charge in [-0.15, -0.1) is 0 Å². The molecule has 0 aliphatic carbocycles. The van der Waals surface area contributed by atoms with Crippen molar-refractivity contribution < 1.29 is 23.7 Å². The van der Waals surface area contributed by atoms with Crippen molar-refractivity contribution in [2.45, 2.75) is 150 Å². The summed E-state index contributed by atoms with van der Waals surface area (Å²) in [5, 5.41) is 0. The molecule has 0 amide bonds. The van der Waals surface area contributed by atoms with Crippen molar-refractivity contribution in [2.24, 2.45) is 0 Å². The number of carbonyl (C=O) groups excluding carboxylic acids is 1. The van der Waals surface area contributed by atoms with Gasteiger partial charge in [-0.2, -0.15) is 0 Å². The molecule has 0 radical (unpaired) electrons. The van der Waals surface area contributed by atoms with Gasteiger partial charge in [0.05, 0.1) is 26.7 Å². The lowest BCUT2D eigenvalue weighted by molar-refractivity contribution is 0.0841. The van der Waals surface area contributed by atoms with Crippen LogP contribution in [0.2, 0.25) is 0 Å². The van der Waals surface area contributed by atoms with E-state index in [-0.39, 0.29) is 12.2 Å². The molecular weight excluding hydrogens is 673 g/mol. The van der Waals surface area contributed by atoms with Gasteiger partial charge < -0.3 is 28.7 Å². The first-order chi connectivity index (χ1) is 26.3. The van der Waals surface area contributed by atoms with Crippen LogP contribution in [0.25, 0.3) is 0 Å². The summed E-state index contributed by atoms with van der Waals surface area (Å²) in [6.45, 7) is 21.8. The van der Waals surface area contributed by atoms with E-state index in [4.69, 9.17) is 18.9 Å². The molecule has 304 valence electrons. The number of hydrogen-bond acceptors (Lipinski definition) is 7. The molecule has 1 atom stereocenters. The van der Waals surface area contributed by atoms with Gasteiger partial charge in [0.1, 0.15) is 34.7 Å². The Morgan fingerprint density at radius 2 is 1.22 bits per heavy atom. The third-order valence-electron chi connectivity index (χ3n) is 10.5. The van der Waals surface area contributed by atoms with E-state index in [1.165, 1.54) is 109 Å². The minimum Gasteiger partial charge on any atom is -0.496 e. The average molecular weight is 749 g/mol. The second-order valence-corrected chi connectivity index (χ2v) is 15.5. The fraction of sp³-hybridized carbons (Fsp3) is 0.681. The molecule has 54 heavy (non-hydrogen) atoms. The van der Waals surface area contributed by atoms with Gasteiger partial charge in [-0.1, -0.05) is 77.2 Å². The monoisotopic (exact) mass is 749 g/mol. The number of ketones is 1. The van der Waals surface area contributed by atoms with Crippen LogP contribution in [0.4, 0.5) is 0 Å². The van der Waals surface area contributed by atoms with Crippen LogP contribution in [0.3, 0.4) is 0 Å². The predicted molar refractivity (Wildman–Crippen MR) is 226 cm³/mol. The highest BCUT2D eigenvalue weighted by atomic mass is 16.5. The molecule has 3 rings (SSSR count). The quantitative estimate of drug-likeness (QED) is 0.0582. The number of Topliss-reactive ketones (excluding diaryl/α,β-unsaturated/α-hetero) is 1. The molecule has 7 nitrogen and oxygen atoms in total. The molecule has 1 aliphatic rings. The highest BCUT2D eigenvalue weighted by Crippen LogP contribution is 2.46. The molecule has 0 N–H and O–H groups in total. The largest absolute Gasteiger partial charge is 0.496 e. The van der Waals surface area contributed by atoms with Crippen molar-refractivity contribution >= 4 is 5.78 Å². The topological polar surface area (TPSA) is 60.5 Å². The van der Waals surface area contributed by atoms with Gasteiger partial charge in [0.15, 0.2) is 5.78 Å². The van der Waals surface area contributed by atoms with E-state index in [9.17, 15) is 4.79 Å². The standard InChI is InChI=1S/C47H76N2O5/c1-8-12-28-48(29-13-9-2)32-18-16-20-34-52-40-25-23-39(24-26-40)43-36-42(50)46-45(51-7)37-44(41(47(46)54-43)27-22-38(5)6)53-35-21-17-19-33-49(30-14-10-3)31-15-11-4/h22-26,37,43H,8-21,27-36H2,1-7H3. The van der Waals surface area contributed by atoms with E-state index < -0.39 is 6.10 Å². The van der Waals surface area contributed by atoms with E-state index in [1.807, 2.05) is 30.3 Å². The number of carbonyl (C=O) groups is 1. The van der Waals surface area contributed by atoms with Gasteiger partial charge in [0, 0.05) is 11.6 Å². The van der Waals surface area contributed by atoms with E-state index in [0.29, 0.717) is 36.7 Å². The Morgan fingerprint density at radius 1 is 0.704 bits per heavy atom. The summed E-state index contributed by atoms with van der Waals surface area (Å²) < 4.78 is 25.1. The molecule has 0 aromatic heterocycles. The van der Waals surface area contributed by atoms with Crippen LogP contribution in [0.5, 0.6) is 23.0 Å². The Hall–Kier alpha value is -3.03. The number of allylic oxidation sites excluding steroid dienone is 2. The second kappa shape index (κ2) is 26.7. The van der Waals surface area contributed by atoms with Crippen molar-refractivity contribution in [3.8, 4) is 23.0 Å². The van der Waals surface area contributed by atoms with Crippen molar-refractivity contribution in [3.05, 3.63) is 58.7 Å². The van der Waals surface area contributed by atoms with Crippen LogP contribution in [0.1, 0.15) is 165 Å². The van der Waals surface area contributed by atoms with Crippen molar-refractivity contribution in [3.63, 3.8) is 0 Å². The molecule has 0 fully saturated rings. The van der Waals surface area contributed by atoms with Crippen LogP contribution >= 0.6 is 0 Å². The first kappa shape index (κ1) is 45.4. The lowest BCUT2D eigenvalue weighted by atomic mass is 9.92. The third kappa shape index (κ3) is 16.0. The SMILES string of the molecule is CCCCN(CCCC)CCCCCOc1ccc(C2CC(=O)c3c(OC)cc(OCCCCCN(CCCC)CCCC)c(CC=C(C)C)c3O2)cc1. The summed E-state index contributed by atoms with van der Waals surface area (Å²) in [5.41, 5.74) is 3.60. The molecule has 1 unspecified atom stereocenters. The van der Waals surface area contributed by atoms with Gasteiger partial charge in [0.2, 0.25) is 0 Å². The van der Waals surface area contributed by atoms with Gasteiger partial charge in [-0.05, 0) is 141 Å². The molecule has 2 aromatic carbocycles. The minimum atomic E-state index is -0.392. The lowest BCUT2D eigenvalue weighted by Crippen LogP contribution is -2.27. The zero-order chi connectivity index (χ0) is 39.0. The number of hydrogen-bond donors (Lipinski definition) is 0. The fourth-order valence-electron chi connectivity index (χ4n) is 7.05. The number of rotatable bonds is 30. The minimum absolute atomic E-state index is 0.0297. The van der Waals surface area contributed by atoms with Crippen molar-refractivity contribution in [1.82, 2.24) is 9.80 Å². The van der Waals surface area contributed by atoms with E-state index in [1.54, 1.807) is 7.11 Å². The summed E-state index contributed by atoms with van der Waals surface area (Å²) in [6, 6.07) is 9.99. The molecule has 0 spiro atoms. The highest BCUT2D eigenvalue weighted by molar-refractivity contribution is 6.03. The van der Waals surface area contributed by atoms with E-state index in [2.05, 4.69) is 57.4 Å². The summed E-state index contributed by atoms with van der Waals surface area (Å²) in [7, 11) is 1.62. The Kier molecular flexibility index (Phi) is 22.4. The Bertz CT molecular complexity index is 1340. The molecule has 1 aliphatic heterocycles. The third-order valence-corrected chi connectivity index (χ3v) is 10.5. The normalized spacial score (nSPS) is 13.9. The van der Waals surface area contributed by atoms with Crippen LogP contribution in [-0.2, 0) is 6.42 Å². The zero-order valence-corrected chi connectivity index (χ0v) is 35.4. The number of nitrogens with zero attached hydrogens (tertiary/aromatic N) is 2. The van der Waals surface area contributed by atoms with Gasteiger partial charge in [0.25, 0.3) is 0 Å². The van der Waals surface area contributed by atoms with Gasteiger partial charge in [-0.3, -0.25) is 4.79 Å². The van der Waals surface area contributed by atoms with Crippen molar-refractivity contribution in [1.29, 1.82) is 0 Å². The number of fused-ring (bicyclic) bond motifs is 1. The van der Waals surface area contributed by atoms with Crippen LogP contribution in [-0.4, -0.2) is 75.2 Å². The maximum absolute atomic E-state index is 13.8. The average Bonchev–Trinajstić information content (AvgIpc) is 3.18. The van der Waals surface area contributed by atoms with Crippen LogP contribution in [0.15, 0.2) is 42.0 Å². The summed E-state index contributed by atoms with van der Waals surface area (Å²) >= 11 is 0. The number of methoxy groups -OCH3 is 1. The second-order valence-electron chi connectivity index (χ2n) is 15.5. The number of benzene rings is 2. The summed E-state index contributed by atoms with van der Waals surface area (Å²) in [6.07, 6.45) is 19.5. The molecule has 2 aromatic rings. The lowest BCUT2D eigenvalue weighted by Gasteiger charge is -2.29. The Morgan fingerprint density at radius 3 is 1.72 bits per heavy atom. The zero-order valence-electron chi connectivity index (χ0n) is 35.4. The summed E-state index contributed by atoms with van der Waals surface area (Å²) in [4.78, 5) is 19.0. The Labute approximate surface area is 330 Å². The molecule has 0 saturated carbocycles. The number of unbranched alkanes of at least 4 members (excludes halogenated alkanes) is 8. The smallest absolute Gasteiger partial charge is 0.174 e. The first-order valence-corrected chi connectivity index (χ1v) is 21.7. The molecule has 0 saturated heterocycles. The van der Waals surface area contributed by atoms with Crippen molar-refractivity contribution in [2.75, 3.05) is 59.6 Å². The van der Waals surface area contributed by atoms with E-state index >= 15 is 0 Å². The van der Waals surface area contributed by atoms with Crippen LogP contribution in [0, 0.1) is 0 Å². The predicted octanol–water partition coefficient (Wildman–Crippen LogP) is 11.8. The molecule has 0 bridgehead atoms. The summed E-state index contributed by atoms with van der Waals surface area (Å²) in [5.74, 6) is 2.73. The first-order valence-electron chi connectivity index (χ1n) is 21.7.